The van der Waals surface area contributed by atoms with E-state index in [4.69, 9.17) is 4.74 Å². The van der Waals surface area contributed by atoms with Crippen molar-refractivity contribution in [3.63, 3.8) is 0 Å². The van der Waals surface area contributed by atoms with Crippen LogP contribution in [-0.4, -0.2) is 66.7 Å². The van der Waals surface area contributed by atoms with Crippen LogP contribution in [0.15, 0.2) is 30.3 Å². The van der Waals surface area contributed by atoms with Gasteiger partial charge in [0.05, 0.1) is 24.3 Å². The first-order valence-corrected chi connectivity index (χ1v) is 11.9. The molecule has 30 heavy (non-hydrogen) atoms. The molecular weight excluding hydrogens is 374 g/mol. The number of nitrogens with one attached hydrogen (secondary N) is 1. The van der Waals surface area contributed by atoms with Crippen molar-refractivity contribution >= 4 is 5.91 Å². The van der Waals surface area contributed by atoms with Crippen LogP contribution in [0.1, 0.15) is 65.0 Å². The number of carbonyl (C=O) groups excluding carboxylic acids is 1. The summed E-state index contributed by atoms with van der Waals surface area (Å²) in [6.07, 6.45) is 5.04. The average molecular weight is 416 g/mol. The Hall–Kier alpha value is -1.43. The van der Waals surface area contributed by atoms with Crippen LogP contribution in [-0.2, 0) is 9.53 Å². The monoisotopic (exact) mass is 415 g/mol. The van der Waals surface area contributed by atoms with E-state index in [-0.39, 0.29) is 18.0 Å². The number of rotatable bonds is 8. The van der Waals surface area contributed by atoms with Gasteiger partial charge in [-0.3, -0.25) is 14.6 Å². The summed E-state index contributed by atoms with van der Waals surface area (Å²) in [4.78, 5) is 17.9. The molecule has 0 radical (unpaired) electrons. The lowest BCUT2D eigenvalue weighted by Crippen LogP contribution is -2.51. The second-order valence-electron chi connectivity index (χ2n) is 9.39. The van der Waals surface area contributed by atoms with Crippen LogP contribution in [0.2, 0.25) is 0 Å². The van der Waals surface area contributed by atoms with Crippen LogP contribution >= 0.6 is 0 Å². The van der Waals surface area contributed by atoms with Crippen molar-refractivity contribution in [1.82, 2.24) is 15.1 Å². The summed E-state index contributed by atoms with van der Waals surface area (Å²) in [6, 6.07) is 10.4. The minimum Gasteiger partial charge on any atom is -0.373 e. The number of amides is 1. The zero-order valence-corrected chi connectivity index (χ0v) is 19.3. The lowest BCUT2D eigenvalue weighted by Gasteiger charge is -2.40. The molecule has 4 atom stereocenters. The number of nitrogens with zero attached hydrogens (tertiary/aromatic N) is 2. The fourth-order valence-corrected chi connectivity index (χ4v) is 5.08. The zero-order valence-electron chi connectivity index (χ0n) is 19.3. The molecule has 2 aliphatic rings. The number of piperidine rings is 1. The van der Waals surface area contributed by atoms with Crippen LogP contribution in [0, 0.1) is 5.92 Å². The van der Waals surface area contributed by atoms with Gasteiger partial charge in [0.2, 0.25) is 5.91 Å². The Kier molecular flexibility index (Phi) is 8.72. The van der Waals surface area contributed by atoms with Crippen LogP contribution in [0.4, 0.5) is 0 Å². The van der Waals surface area contributed by atoms with Crippen LogP contribution in [0.25, 0.3) is 0 Å². The lowest BCUT2D eigenvalue weighted by atomic mass is 9.94. The highest BCUT2D eigenvalue weighted by Crippen LogP contribution is 2.23. The maximum absolute atomic E-state index is 13.0. The van der Waals surface area contributed by atoms with E-state index < -0.39 is 0 Å². The first-order valence-electron chi connectivity index (χ1n) is 11.9. The van der Waals surface area contributed by atoms with Gasteiger partial charge in [-0.05, 0) is 64.6 Å². The van der Waals surface area contributed by atoms with E-state index in [1.165, 1.54) is 24.9 Å². The molecule has 3 rings (SSSR count). The molecule has 2 fully saturated rings. The van der Waals surface area contributed by atoms with Gasteiger partial charge in [-0.15, -0.1) is 0 Å². The molecule has 2 heterocycles. The molecule has 1 aromatic rings. The fourth-order valence-electron chi connectivity index (χ4n) is 5.08. The average Bonchev–Trinajstić information content (AvgIpc) is 2.73. The van der Waals surface area contributed by atoms with Gasteiger partial charge in [-0.2, -0.15) is 0 Å². The van der Waals surface area contributed by atoms with Crippen LogP contribution in [0.5, 0.6) is 0 Å². The van der Waals surface area contributed by atoms with E-state index in [2.05, 4.69) is 54.9 Å². The Morgan fingerprint density at radius 3 is 2.37 bits per heavy atom. The highest BCUT2D eigenvalue weighted by Gasteiger charge is 2.30. The first-order chi connectivity index (χ1) is 14.5. The Bertz CT molecular complexity index is 635. The van der Waals surface area contributed by atoms with E-state index in [9.17, 15) is 4.79 Å². The molecule has 0 saturated carbocycles. The Balaban J connectivity index is 1.47. The minimum atomic E-state index is -0.0718. The molecule has 1 N–H and O–H groups in total. The van der Waals surface area contributed by atoms with Gasteiger partial charge in [0.1, 0.15) is 0 Å². The van der Waals surface area contributed by atoms with Crippen molar-refractivity contribution in [3.8, 4) is 0 Å². The second kappa shape index (κ2) is 11.3. The highest BCUT2D eigenvalue weighted by molar-refractivity contribution is 5.81. The molecule has 1 aromatic carbocycles. The van der Waals surface area contributed by atoms with Gasteiger partial charge in [0.25, 0.3) is 0 Å². The number of hydrogen-bond donors (Lipinski definition) is 1. The molecule has 168 valence electrons. The van der Waals surface area contributed by atoms with Gasteiger partial charge in [0.15, 0.2) is 0 Å². The summed E-state index contributed by atoms with van der Waals surface area (Å²) in [5, 5.41) is 3.32. The summed E-state index contributed by atoms with van der Waals surface area (Å²) >= 11 is 0. The molecule has 5 heteroatoms. The second-order valence-corrected chi connectivity index (χ2v) is 9.39. The molecule has 5 nitrogen and oxygen atoms in total. The van der Waals surface area contributed by atoms with Gasteiger partial charge < -0.3 is 10.1 Å². The van der Waals surface area contributed by atoms with Gasteiger partial charge in [-0.25, -0.2) is 0 Å². The van der Waals surface area contributed by atoms with E-state index >= 15 is 0 Å². The molecule has 4 unspecified atom stereocenters. The van der Waals surface area contributed by atoms with Crippen molar-refractivity contribution in [1.29, 1.82) is 0 Å². The van der Waals surface area contributed by atoms with Gasteiger partial charge in [0, 0.05) is 19.6 Å². The lowest BCUT2D eigenvalue weighted by molar-refractivity contribution is -0.127. The number of morpholine rings is 1. The number of carbonyl (C=O) groups is 1. The summed E-state index contributed by atoms with van der Waals surface area (Å²) in [5.74, 6) is 0.887. The standard InChI is InChI=1S/C25H41N3O2/c1-5-9-24(23-10-7-6-8-11-23)26-25(29)21(4)28-14-12-22(13-15-28)18-27-16-19(2)30-20(3)17-27/h6-8,10-11,19-22,24H,5,9,12-18H2,1-4H3,(H,26,29). The highest BCUT2D eigenvalue weighted by atomic mass is 16.5. The molecule has 1 amide bonds. The molecule has 2 saturated heterocycles. The third kappa shape index (κ3) is 6.53. The summed E-state index contributed by atoms with van der Waals surface area (Å²) in [7, 11) is 0. The van der Waals surface area contributed by atoms with Crippen molar-refractivity contribution in [2.45, 2.75) is 77.7 Å². The molecular formula is C25H41N3O2. The van der Waals surface area contributed by atoms with E-state index in [0.29, 0.717) is 12.2 Å². The topological polar surface area (TPSA) is 44.8 Å². The summed E-state index contributed by atoms with van der Waals surface area (Å²) < 4.78 is 5.87. The largest absolute Gasteiger partial charge is 0.373 e. The summed E-state index contributed by atoms with van der Waals surface area (Å²) in [6.45, 7) is 13.9. The Morgan fingerprint density at radius 1 is 1.13 bits per heavy atom. The first kappa shape index (κ1) is 23.2. The van der Waals surface area contributed by atoms with E-state index in [1.54, 1.807) is 0 Å². The van der Waals surface area contributed by atoms with Crippen molar-refractivity contribution in [2.75, 3.05) is 32.7 Å². The molecule has 2 aliphatic heterocycles. The van der Waals surface area contributed by atoms with E-state index in [1.807, 2.05) is 18.2 Å². The maximum Gasteiger partial charge on any atom is 0.237 e. The normalized spacial score (nSPS) is 26.3. The molecule has 0 spiro atoms. The van der Waals surface area contributed by atoms with Gasteiger partial charge >= 0.3 is 0 Å². The predicted octanol–water partition coefficient (Wildman–Crippen LogP) is 3.85. The number of hydrogen-bond acceptors (Lipinski definition) is 4. The Labute approximate surface area is 183 Å². The maximum atomic E-state index is 13.0. The molecule has 0 aliphatic carbocycles. The van der Waals surface area contributed by atoms with Crippen LogP contribution < -0.4 is 5.32 Å². The summed E-state index contributed by atoms with van der Waals surface area (Å²) in [5.41, 5.74) is 1.20. The van der Waals surface area contributed by atoms with Crippen molar-refractivity contribution in [3.05, 3.63) is 35.9 Å². The number of likely N-dealkylation sites (tertiary alicyclic amines) is 1. The van der Waals surface area contributed by atoms with Gasteiger partial charge in [-0.1, -0.05) is 43.7 Å². The van der Waals surface area contributed by atoms with Crippen molar-refractivity contribution in [2.24, 2.45) is 5.92 Å². The SMILES string of the molecule is CCCC(NC(=O)C(C)N1CCC(CN2CC(C)OC(C)C2)CC1)c1ccccc1. The number of benzene rings is 1. The predicted molar refractivity (Wildman–Crippen MR) is 122 cm³/mol. The zero-order chi connectivity index (χ0) is 21.5. The minimum absolute atomic E-state index is 0.0718. The third-order valence-corrected chi connectivity index (χ3v) is 6.68. The number of ether oxygens (including phenoxy) is 1. The molecule has 0 bridgehead atoms. The third-order valence-electron chi connectivity index (χ3n) is 6.68. The smallest absolute Gasteiger partial charge is 0.237 e. The van der Waals surface area contributed by atoms with Crippen molar-refractivity contribution < 1.29 is 9.53 Å². The van der Waals surface area contributed by atoms with E-state index in [0.717, 1.165) is 44.9 Å². The fraction of sp³-hybridized carbons (Fsp3) is 0.720. The van der Waals surface area contributed by atoms with Crippen LogP contribution in [0.3, 0.4) is 0 Å². The quantitative estimate of drug-likeness (QED) is 0.700. The Morgan fingerprint density at radius 2 is 1.77 bits per heavy atom. The molecule has 0 aromatic heterocycles.